The van der Waals surface area contributed by atoms with E-state index in [1.807, 2.05) is 30.3 Å². The Morgan fingerprint density at radius 3 is 2.47 bits per heavy atom. The van der Waals surface area contributed by atoms with Crippen LogP contribution in [0.25, 0.3) is 0 Å². The van der Waals surface area contributed by atoms with E-state index in [0.717, 1.165) is 18.9 Å². The van der Waals surface area contributed by atoms with E-state index in [9.17, 15) is 8.78 Å². The predicted molar refractivity (Wildman–Crippen MR) is 74.0 cm³/mol. The van der Waals surface area contributed by atoms with E-state index in [0.29, 0.717) is 6.54 Å². The molecule has 2 nitrogen and oxygen atoms in total. The number of hydrogen-bond acceptors (Lipinski definition) is 2. The first-order valence-corrected chi connectivity index (χ1v) is 6.20. The molecule has 3 N–H and O–H groups in total. The Morgan fingerprint density at radius 1 is 1.00 bits per heavy atom. The molecule has 0 spiro atoms. The highest BCUT2D eigenvalue weighted by atomic mass is 19.2. The van der Waals surface area contributed by atoms with Crippen molar-refractivity contribution in [2.24, 2.45) is 0 Å². The molecule has 19 heavy (non-hydrogen) atoms. The number of anilines is 2. The Labute approximate surface area is 111 Å². The number of rotatable bonds is 5. The van der Waals surface area contributed by atoms with Crippen LogP contribution < -0.4 is 11.1 Å². The summed E-state index contributed by atoms with van der Waals surface area (Å²) in [6.45, 7) is 0.541. The molecule has 0 atom stereocenters. The molecule has 0 saturated heterocycles. The molecule has 2 rings (SSSR count). The highest BCUT2D eigenvalue weighted by Crippen LogP contribution is 2.24. The zero-order valence-electron chi connectivity index (χ0n) is 10.5. The fraction of sp³-hybridized carbons (Fsp3) is 0.200. The average molecular weight is 262 g/mol. The van der Waals surface area contributed by atoms with E-state index >= 15 is 0 Å². The predicted octanol–water partition coefficient (Wildman–Crippen LogP) is 3.59. The number of halogens is 2. The van der Waals surface area contributed by atoms with Crippen molar-refractivity contribution in [3.8, 4) is 0 Å². The Hall–Kier alpha value is -2.10. The monoisotopic (exact) mass is 262 g/mol. The largest absolute Gasteiger partial charge is 0.397 e. The normalized spacial score (nSPS) is 10.4. The van der Waals surface area contributed by atoms with Gasteiger partial charge in [-0.1, -0.05) is 30.3 Å². The van der Waals surface area contributed by atoms with E-state index in [-0.39, 0.29) is 11.4 Å². The van der Waals surface area contributed by atoms with E-state index < -0.39 is 11.6 Å². The molecule has 0 unspecified atom stereocenters. The summed E-state index contributed by atoms with van der Waals surface area (Å²) in [4.78, 5) is 0. The van der Waals surface area contributed by atoms with Gasteiger partial charge >= 0.3 is 0 Å². The van der Waals surface area contributed by atoms with Gasteiger partial charge < -0.3 is 11.1 Å². The maximum atomic E-state index is 13.5. The first kappa shape index (κ1) is 13.3. The van der Waals surface area contributed by atoms with Crippen LogP contribution >= 0.6 is 0 Å². The second-order valence-corrected chi connectivity index (χ2v) is 4.34. The third-order valence-electron chi connectivity index (χ3n) is 2.91. The first-order chi connectivity index (χ1) is 9.18. The molecule has 0 aromatic heterocycles. The average Bonchev–Trinajstić information content (AvgIpc) is 2.43. The molecule has 100 valence electrons. The molecular formula is C15H16F2N2. The third-order valence-corrected chi connectivity index (χ3v) is 2.91. The van der Waals surface area contributed by atoms with E-state index in [2.05, 4.69) is 5.32 Å². The van der Waals surface area contributed by atoms with Gasteiger partial charge in [0.1, 0.15) is 0 Å². The number of nitrogens with one attached hydrogen (secondary N) is 1. The fourth-order valence-electron chi connectivity index (χ4n) is 1.90. The van der Waals surface area contributed by atoms with Gasteiger partial charge in [0.15, 0.2) is 11.6 Å². The van der Waals surface area contributed by atoms with Crippen LogP contribution in [0.5, 0.6) is 0 Å². The Kier molecular flexibility index (Phi) is 4.34. The van der Waals surface area contributed by atoms with Crippen LogP contribution in [0.3, 0.4) is 0 Å². The maximum Gasteiger partial charge on any atom is 0.183 e. The lowest BCUT2D eigenvalue weighted by molar-refractivity contribution is 0.511. The van der Waals surface area contributed by atoms with Gasteiger partial charge in [-0.2, -0.15) is 0 Å². The number of aryl methyl sites for hydroxylation is 1. The second kappa shape index (κ2) is 6.18. The molecule has 0 aliphatic rings. The molecule has 0 heterocycles. The molecule has 4 heteroatoms. The lowest BCUT2D eigenvalue weighted by atomic mass is 10.1. The van der Waals surface area contributed by atoms with Crippen molar-refractivity contribution in [2.45, 2.75) is 12.8 Å². The lowest BCUT2D eigenvalue weighted by Crippen LogP contribution is -2.08. The van der Waals surface area contributed by atoms with Gasteiger partial charge in [-0.25, -0.2) is 8.78 Å². The van der Waals surface area contributed by atoms with Gasteiger partial charge in [0.2, 0.25) is 0 Å². The molecule has 0 amide bonds. The summed E-state index contributed by atoms with van der Waals surface area (Å²) in [6.07, 6.45) is 1.70. The minimum absolute atomic E-state index is 0.0491. The van der Waals surface area contributed by atoms with E-state index in [4.69, 9.17) is 5.73 Å². The SMILES string of the molecule is Nc1ccc(F)c(F)c1NCCCc1ccccc1. The smallest absolute Gasteiger partial charge is 0.183 e. The second-order valence-electron chi connectivity index (χ2n) is 4.34. The van der Waals surface area contributed by atoms with Gasteiger partial charge in [0.05, 0.1) is 11.4 Å². The summed E-state index contributed by atoms with van der Waals surface area (Å²) in [5.74, 6) is -1.81. The third kappa shape index (κ3) is 3.44. The molecule has 0 aliphatic carbocycles. The van der Waals surface area contributed by atoms with Crippen LogP contribution in [-0.4, -0.2) is 6.54 Å². The molecule has 2 aromatic rings. The minimum Gasteiger partial charge on any atom is -0.397 e. The summed E-state index contributed by atoms with van der Waals surface area (Å²) in [5, 5.41) is 2.85. The Balaban J connectivity index is 1.88. The van der Waals surface area contributed by atoms with Crippen LogP contribution in [0, 0.1) is 11.6 Å². The number of hydrogen-bond donors (Lipinski definition) is 2. The van der Waals surface area contributed by atoms with Crippen LogP contribution in [0.2, 0.25) is 0 Å². The topological polar surface area (TPSA) is 38.0 Å². The van der Waals surface area contributed by atoms with E-state index in [1.165, 1.54) is 11.6 Å². The highest BCUT2D eigenvalue weighted by Gasteiger charge is 2.10. The van der Waals surface area contributed by atoms with Crippen molar-refractivity contribution in [2.75, 3.05) is 17.6 Å². The highest BCUT2D eigenvalue weighted by molar-refractivity contribution is 5.66. The number of nitrogens with two attached hydrogens (primary N) is 1. The van der Waals surface area contributed by atoms with Crippen LogP contribution in [0.1, 0.15) is 12.0 Å². The first-order valence-electron chi connectivity index (χ1n) is 6.20. The molecule has 0 saturated carbocycles. The standard InChI is InChI=1S/C15H16F2N2/c16-12-8-9-13(18)15(14(12)17)19-10-4-7-11-5-2-1-3-6-11/h1-3,5-6,8-9,19H,4,7,10,18H2. The molecular weight excluding hydrogens is 246 g/mol. The van der Waals surface area contributed by atoms with Gasteiger partial charge in [-0.05, 0) is 30.5 Å². The molecule has 2 aromatic carbocycles. The fourth-order valence-corrected chi connectivity index (χ4v) is 1.90. The minimum atomic E-state index is -0.917. The van der Waals surface area contributed by atoms with Gasteiger partial charge in [-0.3, -0.25) is 0 Å². The molecule has 0 bridgehead atoms. The van der Waals surface area contributed by atoms with Crippen molar-refractivity contribution in [1.29, 1.82) is 0 Å². The van der Waals surface area contributed by atoms with Crippen molar-refractivity contribution in [3.63, 3.8) is 0 Å². The van der Waals surface area contributed by atoms with Crippen molar-refractivity contribution in [3.05, 3.63) is 59.7 Å². The van der Waals surface area contributed by atoms with Crippen molar-refractivity contribution < 1.29 is 8.78 Å². The maximum absolute atomic E-state index is 13.5. The summed E-state index contributed by atoms with van der Waals surface area (Å²) in [5.41, 5.74) is 7.10. The summed E-state index contributed by atoms with van der Waals surface area (Å²) < 4.78 is 26.6. The van der Waals surface area contributed by atoms with Gasteiger partial charge in [0.25, 0.3) is 0 Å². The van der Waals surface area contributed by atoms with Gasteiger partial charge in [0, 0.05) is 6.54 Å². The van der Waals surface area contributed by atoms with Crippen LogP contribution in [0.15, 0.2) is 42.5 Å². The van der Waals surface area contributed by atoms with Gasteiger partial charge in [-0.15, -0.1) is 0 Å². The molecule has 0 radical (unpaired) electrons. The summed E-state index contributed by atoms with van der Waals surface area (Å²) in [7, 11) is 0. The number of nitrogen functional groups attached to an aromatic ring is 1. The molecule has 0 aliphatic heterocycles. The zero-order chi connectivity index (χ0) is 13.7. The van der Waals surface area contributed by atoms with Crippen LogP contribution in [-0.2, 0) is 6.42 Å². The zero-order valence-corrected chi connectivity index (χ0v) is 10.5. The summed E-state index contributed by atoms with van der Waals surface area (Å²) >= 11 is 0. The van der Waals surface area contributed by atoms with Crippen molar-refractivity contribution >= 4 is 11.4 Å². The summed E-state index contributed by atoms with van der Waals surface area (Å²) in [6, 6.07) is 12.4. The van der Waals surface area contributed by atoms with E-state index in [1.54, 1.807) is 0 Å². The number of benzene rings is 2. The quantitative estimate of drug-likeness (QED) is 0.638. The van der Waals surface area contributed by atoms with Crippen LogP contribution in [0.4, 0.5) is 20.2 Å². The molecule has 0 fully saturated rings. The van der Waals surface area contributed by atoms with Crippen molar-refractivity contribution in [1.82, 2.24) is 0 Å². The Bertz CT molecular complexity index is 541. The Morgan fingerprint density at radius 2 is 1.74 bits per heavy atom. The lowest BCUT2D eigenvalue weighted by Gasteiger charge is -2.10.